The first kappa shape index (κ1) is 19.4. The fraction of sp³-hybridized carbons (Fsp3) is 0.400. The molecule has 0 bridgehead atoms. The van der Waals surface area contributed by atoms with Gasteiger partial charge in [-0.25, -0.2) is 4.79 Å². The van der Waals surface area contributed by atoms with Crippen molar-refractivity contribution in [2.45, 2.75) is 31.7 Å². The van der Waals surface area contributed by atoms with Gasteiger partial charge < -0.3 is 15.5 Å². The van der Waals surface area contributed by atoms with Crippen molar-refractivity contribution in [2.24, 2.45) is 5.92 Å². The summed E-state index contributed by atoms with van der Waals surface area (Å²) in [6.45, 7) is 1.44. The number of carbonyl (C=O) groups is 2. The molecule has 0 radical (unpaired) electrons. The molecule has 0 heterocycles. The molecule has 0 aliphatic heterocycles. The van der Waals surface area contributed by atoms with Crippen LogP contribution in [0.3, 0.4) is 0 Å². The molecule has 1 aromatic rings. The molecule has 3 atom stereocenters. The van der Waals surface area contributed by atoms with E-state index in [9.17, 15) is 27.9 Å². The number of nitriles is 1. The number of amides is 1. The Kier molecular flexibility index (Phi) is 6.31. The predicted molar refractivity (Wildman–Crippen MR) is 75.4 cm³/mol. The van der Waals surface area contributed by atoms with Crippen LogP contribution in [0.2, 0.25) is 0 Å². The van der Waals surface area contributed by atoms with Gasteiger partial charge in [0.15, 0.2) is 6.10 Å². The van der Waals surface area contributed by atoms with Crippen LogP contribution < -0.4 is 5.32 Å². The number of rotatable bonds is 6. The van der Waals surface area contributed by atoms with Gasteiger partial charge in [0.2, 0.25) is 0 Å². The summed E-state index contributed by atoms with van der Waals surface area (Å²) < 4.78 is 37.4. The molecule has 9 heteroatoms. The lowest BCUT2D eigenvalue weighted by molar-refractivity contribution is -0.145. The Bertz CT molecular complexity index is 638. The number of aliphatic hydroxyl groups is 1. The molecule has 0 spiro atoms. The van der Waals surface area contributed by atoms with Crippen molar-refractivity contribution in [3.63, 3.8) is 0 Å². The van der Waals surface area contributed by atoms with Crippen molar-refractivity contribution in [1.82, 2.24) is 5.32 Å². The fourth-order valence-corrected chi connectivity index (χ4v) is 1.95. The summed E-state index contributed by atoms with van der Waals surface area (Å²) in [6, 6.07) is 3.65. The van der Waals surface area contributed by atoms with E-state index in [1.54, 1.807) is 6.07 Å². The monoisotopic (exact) mass is 344 g/mol. The number of carbonyl (C=O) groups excluding carboxylic acids is 1. The van der Waals surface area contributed by atoms with Crippen molar-refractivity contribution in [1.29, 1.82) is 5.26 Å². The molecule has 6 nitrogen and oxygen atoms in total. The Morgan fingerprint density at radius 2 is 1.83 bits per heavy atom. The molecule has 24 heavy (non-hydrogen) atoms. The van der Waals surface area contributed by atoms with E-state index in [2.05, 4.69) is 5.32 Å². The van der Waals surface area contributed by atoms with Gasteiger partial charge in [0, 0.05) is 12.3 Å². The number of hydrogen-bond acceptors (Lipinski definition) is 4. The Labute approximate surface area is 135 Å². The first-order chi connectivity index (χ1) is 11.1. The van der Waals surface area contributed by atoms with E-state index in [1.165, 1.54) is 6.92 Å². The number of benzene rings is 1. The summed E-state index contributed by atoms with van der Waals surface area (Å²) in [4.78, 5) is 23.1. The highest BCUT2D eigenvalue weighted by molar-refractivity contribution is 5.87. The SMILES string of the molecule is C[C@H](CC#N)[C@H](NC(=O)[C@H](O)c1ccc(C(F)(F)F)cc1)C(=O)O. The van der Waals surface area contributed by atoms with Crippen molar-refractivity contribution < 1.29 is 33.0 Å². The van der Waals surface area contributed by atoms with Crippen molar-refractivity contribution >= 4 is 11.9 Å². The normalized spacial score (nSPS) is 15.0. The van der Waals surface area contributed by atoms with Crippen molar-refractivity contribution in [3.05, 3.63) is 35.4 Å². The Morgan fingerprint density at radius 3 is 2.25 bits per heavy atom. The second-order valence-electron chi connectivity index (χ2n) is 5.19. The maximum Gasteiger partial charge on any atom is 0.416 e. The third-order valence-corrected chi connectivity index (χ3v) is 3.35. The van der Waals surface area contributed by atoms with E-state index in [-0.39, 0.29) is 12.0 Å². The van der Waals surface area contributed by atoms with Crippen LogP contribution in [0.1, 0.15) is 30.6 Å². The average Bonchev–Trinajstić information content (AvgIpc) is 2.50. The van der Waals surface area contributed by atoms with E-state index in [0.29, 0.717) is 12.1 Å². The minimum atomic E-state index is -4.55. The number of alkyl halides is 3. The highest BCUT2D eigenvalue weighted by Crippen LogP contribution is 2.30. The van der Waals surface area contributed by atoms with Crippen LogP contribution in [0.4, 0.5) is 13.2 Å². The molecule has 0 fully saturated rings. The number of aliphatic carboxylic acids is 1. The van der Waals surface area contributed by atoms with E-state index in [0.717, 1.165) is 12.1 Å². The number of nitrogens with one attached hydrogen (secondary N) is 1. The maximum atomic E-state index is 12.5. The zero-order valence-electron chi connectivity index (χ0n) is 12.5. The summed E-state index contributed by atoms with van der Waals surface area (Å²) in [6.07, 6.45) is -6.51. The first-order valence-electron chi connectivity index (χ1n) is 6.83. The average molecular weight is 344 g/mol. The minimum Gasteiger partial charge on any atom is -0.480 e. The molecule has 3 N–H and O–H groups in total. The molecular formula is C15H15F3N2O4. The summed E-state index contributed by atoms with van der Waals surface area (Å²) in [5.74, 6) is -3.17. The van der Waals surface area contributed by atoms with Gasteiger partial charge in [-0.1, -0.05) is 19.1 Å². The van der Waals surface area contributed by atoms with Gasteiger partial charge in [-0.2, -0.15) is 18.4 Å². The lowest BCUT2D eigenvalue weighted by atomic mass is 9.98. The number of aliphatic hydroxyl groups excluding tert-OH is 1. The molecule has 1 aromatic carbocycles. The zero-order valence-corrected chi connectivity index (χ0v) is 12.5. The highest BCUT2D eigenvalue weighted by Gasteiger charge is 2.32. The molecule has 0 unspecified atom stereocenters. The van der Waals surface area contributed by atoms with Gasteiger partial charge in [0.05, 0.1) is 11.6 Å². The number of carboxylic acid groups (broad SMARTS) is 1. The third-order valence-electron chi connectivity index (χ3n) is 3.35. The van der Waals surface area contributed by atoms with Gasteiger partial charge in [-0.3, -0.25) is 4.79 Å². The summed E-state index contributed by atoms with van der Waals surface area (Å²) in [7, 11) is 0. The smallest absolute Gasteiger partial charge is 0.416 e. The quantitative estimate of drug-likeness (QED) is 0.729. The summed E-state index contributed by atoms with van der Waals surface area (Å²) in [5.41, 5.74) is -1.05. The lowest BCUT2D eigenvalue weighted by Gasteiger charge is -2.21. The van der Waals surface area contributed by atoms with Crippen LogP contribution in [0.5, 0.6) is 0 Å². The van der Waals surface area contributed by atoms with E-state index in [1.807, 2.05) is 0 Å². The van der Waals surface area contributed by atoms with Gasteiger partial charge >= 0.3 is 12.1 Å². The van der Waals surface area contributed by atoms with Crippen molar-refractivity contribution in [2.75, 3.05) is 0 Å². The van der Waals surface area contributed by atoms with Crippen LogP contribution in [0, 0.1) is 17.2 Å². The molecule has 130 valence electrons. The summed E-state index contributed by atoms with van der Waals surface area (Å²) >= 11 is 0. The van der Waals surface area contributed by atoms with Gasteiger partial charge in [0.1, 0.15) is 6.04 Å². The van der Waals surface area contributed by atoms with E-state index >= 15 is 0 Å². The van der Waals surface area contributed by atoms with Crippen LogP contribution in [0.15, 0.2) is 24.3 Å². The fourth-order valence-electron chi connectivity index (χ4n) is 1.95. The van der Waals surface area contributed by atoms with Crippen LogP contribution in [0.25, 0.3) is 0 Å². The Balaban J connectivity index is 2.86. The predicted octanol–water partition coefficient (Wildman–Crippen LogP) is 1.86. The lowest BCUT2D eigenvalue weighted by Crippen LogP contribution is -2.46. The number of carboxylic acids is 1. The molecule has 0 aliphatic rings. The molecule has 0 saturated carbocycles. The third kappa shape index (κ3) is 4.96. The largest absolute Gasteiger partial charge is 0.480 e. The zero-order chi connectivity index (χ0) is 18.5. The molecule has 0 aliphatic carbocycles. The van der Waals surface area contributed by atoms with E-state index in [4.69, 9.17) is 10.4 Å². The van der Waals surface area contributed by atoms with Gasteiger partial charge in [-0.05, 0) is 17.7 Å². The molecular weight excluding hydrogens is 329 g/mol. The first-order valence-corrected chi connectivity index (χ1v) is 6.83. The molecule has 1 rings (SSSR count). The second-order valence-corrected chi connectivity index (χ2v) is 5.19. The number of hydrogen-bond donors (Lipinski definition) is 3. The van der Waals surface area contributed by atoms with E-state index < -0.39 is 41.7 Å². The summed E-state index contributed by atoms with van der Waals surface area (Å²) in [5, 5.41) is 29.6. The molecule has 0 saturated heterocycles. The number of halogens is 3. The second kappa shape index (κ2) is 7.79. The molecule has 1 amide bonds. The van der Waals surface area contributed by atoms with Crippen LogP contribution in [-0.2, 0) is 15.8 Å². The van der Waals surface area contributed by atoms with Gasteiger partial charge in [0.25, 0.3) is 5.91 Å². The highest BCUT2D eigenvalue weighted by atomic mass is 19.4. The van der Waals surface area contributed by atoms with Gasteiger partial charge in [-0.15, -0.1) is 0 Å². The van der Waals surface area contributed by atoms with Crippen LogP contribution >= 0.6 is 0 Å². The topological polar surface area (TPSA) is 110 Å². The standard InChI is InChI=1S/C15H15F3N2O4/c1-8(6-7-19)11(14(23)24)20-13(22)12(21)9-2-4-10(5-3-9)15(16,17)18/h2-5,8,11-12,21H,6H2,1H3,(H,20,22)(H,23,24)/t8-,11+,12-/m1/s1. The number of nitrogens with zero attached hydrogens (tertiary/aromatic N) is 1. The van der Waals surface area contributed by atoms with Crippen LogP contribution in [-0.4, -0.2) is 28.1 Å². The minimum absolute atomic E-state index is 0.113. The Hall–Kier alpha value is -2.60. The van der Waals surface area contributed by atoms with Crippen molar-refractivity contribution in [3.8, 4) is 6.07 Å². The Morgan fingerprint density at radius 1 is 1.29 bits per heavy atom. The molecule has 0 aromatic heterocycles. The maximum absolute atomic E-state index is 12.5.